The lowest BCUT2D eigenvalue weighted by atomic mass is 9.65. The Labute approximate surface area is 185 Å². The van der Waals surface area contributed by atoms with Crippen LogP contribution in [0.5, 0.6) is 5.75 Å². The van der Waals surface area contributed by atoms with Gasteiger partial charge in [0.1, 0.15) is 11.4 Å². The minimum atomic E-state index is -0.169. The first-order valence-electron chi connectivity index (χ1n) is 11.0. The summed E-state index contributed by atoms with van der Waals surface area (Å²) in [5, 5.41) is 0. The third-order valence-corrected chi connectivity index (χ3v) is 6.88. The van der Waals surface area contributed by atoms with E-state index in [1.165, 1.54) is 19.2 Å². The van der Waals surface area contributed by atoms with Gasteiger partial charge in [0.2, 0.25) is 0 Å². The third kappa shape index (κ3) is 6.58. The molecule has 8 nitrogen and oxygen atoms in total. The average Bonchev–Trinajstić information content (AvgIpc) is 3.42. The van der Waals surface area contributed by atoms with E-state index in [0.29, 0.717) is 0 Å². The lowest BCUT2D eigenvalue weighted by Crippen LogP contribution is -2.43. The number of nitrogens with two attached hydrogens (primary N) is 1. The lowest BCUT2D eigenvalue weighted by Gasteiger charge is -2.44. The fraction of sp³-hybridized carbons (Fsp3) is 0.652. The van der Waals surface area contributed by atoms with Gasteiger partial charge in [0.15, 0.2) is 0 Å². The number of carbonyl (C=O) groups excluding carboxylic acids is 1. The van der Waals surface area contributed by atoms with Crippen LogP contribution in [0.2, 0.25) is 0 Å². The fourth-order valence-corrected chi connectivity index (χ4v) is 4.57. The molecule has 2 aliphatic carbocycles. The number of ether oxygens (including phenoxy) is 2. The van der Waals surface area contributed by atoms with Gasteiger partial charge in [0.05, 0.1) is 18.6 Å². The van der Waals surface area contributed by atoms with E-state index in [4.69, 9.17) is 15.2 Å². The van der Waals surface area contributed by atoms with Gasteiger partial charge in [-0.2, -0.15) is 0 Å². The molecule has 31 heavy (non-hydrogen) atoms. The number of likely N-dealkylation sites (tertiary alicyclic amines) is 1. The molecule has 0 radical (unpaired) electrons. The molecule has 174 valence electrons. The van der Waals surface area contributed by atoms with Gasteiger partial charge in [-0.1, -0.05) is 0 Å². The lowest BCUT2D eigenvalue weighted by molar-refractivity contribution is 0.0294. The number of hydrogen-bond donors (Lipinski definition) is 3. The van der Waals surface area contributed by atoms with Crippen LogP contribution in [0.1, 0.15) is 51.9 Å². The van der Waals surface area contributed by atoms with Gasteiger partial charge in [-0.25, -0.2) is 9.79 Å². The van der Waals surface area contributed by atoms with Crippen LogP contribution in [0.3, 0.4) is 0 Å². The molecule has 4 rings (SSSR count). The zero-order valence-electron chi connectivity index (χ0n) is 18.8. The minimum Gasteiger partial charge on any atom is -0.494 e. The van der Waals surface area contributed by atoms with Gasteiger partial charge < -0.3 is 32.4 Å². The van der Waals surface area contributed by atoms with Crippen molar-refractivity contribution in [2.24, 2.45) is 28.5 Å². The normalized spacial score (nSPS) is 24.5. The van der Waals surface area contributed by atoms with Gasteiger partial charge in [0, 0.05) is 13.1 Å². The first kappa shape index (κ1) is 24.9. The van der Waals surface area contributed by atoms with Gasteiger partial charge in [-0.15, -0.1) is 0 Å². The summed E-state index contributed by atoms with van der Waals surface area (Å²) < 4.78 is 11.5. The largest absolute Gasteiger partial charge is 0.494 e. The van der Waals surface area contributed by atoms with Gasteiger partial charge >= 0.3 is 6.09 Å². The fourth-order valence-electron chi connectivity index (χ4n) is 4.57. The van der Waals surface area contributed by atoms with Gasteiger partial charge in [-0.05, 0) is 93.9 Å². The summed E-state index contributed by atoms with van der Waals surface area (Å²) in [6, 6.07) is 7.69. The average molecular weight is 434 g/mol. The molecule has 1 saturated heterocycles. The Balaban J connectivity index is 0.00000171. The van der Waals surface area contributed by atoms with E-state index in [1.54, 1.807) is 0 Å². The number of nitrogens with zero attached hydrogens (tertiary/aromatic N) is 2. The molecule has 0 bridgehead atoms. The summed E-state index contributed by atoms with van der Waals surface area (Å²) in [4.78, 5) is 18.2. The predicted molar refractivity (Wildman–Crippen MR) is 124 cm³/mol. The van der Waals surface area contributed by atoms with Crippen LogP contribution in [0.4, 0.5) is 10.5 Å². The maximum atomic E-state index is 12.2. The summed E-state index contributed by atoms with van der Waals surface area (Å²) >= 11 is 0. The van der Waals surface area contributed by atoms with Crippen LogP contribution in [0.25, 0.3) is 0 Å². The molecule has 0 unspecified atom stereocenters. The maximum absolute atomic E-state index is 12.2. The molecule has 1 aliphatic heterocycles. The first-order valence-corrected chi connectivity index (χ1v) is 11.0. The van der Waals surface area contributed by atoms with Crippen molar-refractivity contribution < 1.29 is 14.3 Å². The standard InChI is InChI=1S/C23H33N3O3.2H3N/c1-23(9-10-23)29-22(27)26-11-6-18(7-12-26)19-14-17(15-19)8-13-28-21-4-2-20(3-5-21)25-16-24;;/h2-5,16-19H,6-15H2,1H3,(H2,24,25);2*1H3. The van der Waals surface area contributed by atoms with Crippen molar-refractivity contribution in [3.8, 4) is 5.75 Å². The Morgan fingerprint density at radius 3 is 2.39 bits per heavy atom. The van der Waals surface area contributed by atoms with Crippen molar-refractivity contribution in [2.45, 2.75) is 57.5 Å². The molecule has 1 heterocycles. The molecule has 1 amide bonds. The Hall–Kier alpha value is -2.32. The molecule has 3 aliphatic rings. The number of carbonyl (C=O) groups is 1. The van der Waals surface area contributed by atoms with E-state index >= 15 is 0 Å². The van der Waals surface area contributed by atoms with Crippen LogP contribution in [0, 0.1) is 17.8 Å². The van der Waals surface area contributed by atoms with Crippen molar-refractivity contribution in [2.75, 3.05) is 19.7 Å². The molecule has 0 aromatic heterocycles. The highest BCUT2D eigenvalue weighted by Crippen LogP contribution is 2.45. The zero-order chi connectivity index (χ0) is 20.3. The van der Waals surface area contributed by atoms with Crippen molar-refractivity contribution in [3.05, 3.63) is 24.3 Å². The van der Waals surface area contributed by atoms with Crippen LogP contribution < -0.4 is 22.8 Å². The second-order valence-corrected chi connectivity index (χ2v) is 9.15. The summed E-state index contributed by atoms with van der Waals surface area (Å²) in [6.45, 7) is 4.50. The smallest absolute Gasteiger partial charge is 0.410 e. The molecule has 1 aromatic carbocycles. The van der Waals surface area contributed by atoms with E-state index in [1.807, 2.05) is 36.1 Å². The van der Waals surface area contributed by atoms with Gasteiger partial charge in [-0.3, -0.25) is 0 Å². The Morgan fingerprint density at radius 1 is 1.16 bits per heavy atom. The summed E-state index contributed by atoms with van der Waals surface area (Å²) in [5.74, 6) is 3.26. The highest BCUT2D eigenvalue weighted by molar-refractivity contribution is 5.68. The van der Waals surface area contributed by atoms with Crippen LogP contribution in [0.15, 0.2) is 29.3 Å². The quantitative estimate of drug-likeness (QED) is 0.414. The molecule has 1 aromatic rings. The van der Waals surface area contributed by atoms with E-state index in [2.05, 4.69) is 4.99 Å². The van der Waals surface area contributed by atoms with E-state index in [0.717, 1.165) is 81.0 Å². The van der Waals surface area contributed by atoms with Crippen molar-refractivity contribution in [3.63, 3.8) is 0 Å². The van der Waals surface area contributed by atoms with Crippen molar-refractivity contribution >= 4 is 18.1 Å². The topological polar surface area (TPSA) is 147 Å². The summed E-state index contributed by atoms with van der Waals surface area (Å²) in [7, 11) is 0. The first-order chi connectivity index (χ1) is 14.0. The van der Waals surface area contributed by atoms with Crippen molar-refractivity contribution in [1.29, 1.82) is 0 Å². The van der Waals surface area contributed by atoms with Crippen LogP contribution >= 0.6 is 0 Å². The molecular formula is C23H39N5O3. The summed E-state index contributed by atoms with van der Waals surface area (Å²) in [6.07, 6.45) is 9.19. The molecule has 8 heteroatoms. The number of piperidine rings is 1. The van der Waals surface area contributed by atoms with Crippen molar-refractivity contribution in [1.82, 2.24) is 17.2 Å². The van der Waals surface area contributed by atoms with E-state index in [-0.39, 0.29) is 24.0 Å². The van der Waals surface area contributed by atoms with E-state index in [9.17, 15) is 4.79 Å². The van der Waals surface area contributed by atoms with Gasteiger partial charge in [0.25, 0.3) is 0 Å². The number of aliphatic imine (C=N–C) groups is 1. The second kappa shape index (κ2) is 10.8. The number of hydrogen-bond acceptors (Lipinski definition) is 6. The highest BCUT2D eigenvalue weighted by atomic mass is 16.6. The Morgan fingerprint density at radius 2 is 1.81 bits per heavy atom. The molecule has 0 atom stereocenters. The highest BCUT2D eigenvalue weighted by Gasteiger charge is 2.43. The number of benzene rings is 1. The second-order valence-electron chi connectivity index (χ2n) is 9.15. The molecule has 2 saturated carbocycles. The number of rotatable bonds is 7. The molecular weight excluding hydrogens is 394 g/mol. The Kier molecular flexibility index (Phi) is 8.70. The maximum Gasteiger partial charge on any atom is 0.410 e. The molecule has 8 N–H and O–H groups in total. The minimum absolute atomic E-state index is 0. The molecule has 0 spiro atoms. The molecule has 3 fully saturated rings. The van der Waals surface area contributed by atoms with Crippen LogP contribution in [-0.4, -0.2) is 42.6 Å². The van der Waals surface area contributed by atoms with Crippen LogP contribution in [-0.2, 0) is 4.74 Å². The SMILES string of the molecule is CC1(OC(=O)N2CCC(C3CC(CCOc4ccc(N=CN)cc4)C3)CC2)CC1.N.N. The third-order valence-electron chi connectivity index (χ3n) is 6.88. The summed E-state index contributed by atoms with van der Waals surface area (Å²) in [5.41, 5.74) is 5.96. The number of amides is 1. The predicted octanol–water partition coefficient (Wildman–Crippen LogP) is 4.83. The monoisotopic (exact) mass is 433 g/mol. The Bertz CT molecular complexity index is 721. The zero-order valence-corrected chi connectivity index (χ0v) is 18.8. The van der Waals surface area contributed by atoms with E-state index < -0.39 is 0 Å².